The normalized spacial score (nSPS) is 16.7. The number of rotatable bonds is 5. The van der Waals surface area contributed by atoms with Crippen molar-refractivity contribution in [1.82, 2.24) is 29.4 Å². The van der Waals surface area contributed by atoms with Crippen molar-refractivity contribution in [2.75, 3.05) is 39.1 Å². The second-order valence-electron chi connectivity index (χ2n) is 11.0. The highest BCUT2D eigenvalue weighted by molar-refractivity contribution is 5.68. The van der Waals surface area contributed by atoms with Crippen LogP contribution in [0.15, 0.2) is 24.7 Å². The summed E-state index contributed by atoms with van der Waals surface area (Å²) in [6.07, 6.45) is 8.81. The fraction of sp³-hybridized carbons (Fsp3) is 0.556. The smallest absolute Gasteiger partial charge is 0.410 e. The van der Waals surface area contributed by atoms with Crippen molar-refractivity contribution in [2.24, 2.45) is 5.92 Å². The molecule has 3 aromatic rings. The van der Waals surface area contributed by atoms with Gasteiger partial charge in [0.1, 0.15) is 5.60 Å². The number of nitrogens with zero attached hydrogens (tertiary/aromatic N) is 6. The van der Waals surface area contributed by atoms with Gasteiger partial charge in [-0.25, -0.2) is 14.5 Å². The van der Waals surface area contributed by atoms with Crippen molar-refractivity contribution < 1.29 is 19.0 Å². The van der Waals surface area contributed by atoms with Crippen LogP contribution < -0.4 is 10.5 Å². The number of hydrogen-bond donors (Lipinski definition) is 1. The largest absolute Gasteiger partial charge is 0.480 e. The van der Waals surface area contributed by atoms with Crippen LogP contribution in [0.2, 0.25) is 0 Å². The third-order valence-corrected chi connectivity index (χ3v) is 6.99. The van der Waals surface area contributed by atoms with Gasteiger partial charge in [-0.3, -0.25) is 4.68 Å². The average molecular weight is 524 g/mol. The van der Waals surface area contributed by atoms with Gasteiger partial charge >= 0.3 is 6.09 Å². The molecule has 204 valence electrons. The third-order valence-electron chi connectivity index (χ3n) is 6.99. The molecule has 1 amide bonds. The highest BCUT2D eigenvalue weighted by atomic mass is 16.6. The van der Waals surface area contributed by atoms with E-state index in [2.05, 4.69) is 16.3 Å². The zero-order valence-electron chi connectivity index (χ0n) is 22.6. The number of carbonyl (C=O) groups is 1. The van der Waals surface area contributed by atoms with Crippen LogP contribution in [-0.4, -0.2) is 74.6 Å². The summed E-state index contributed by atoms with van der Waals surface area (Å²) in [5, 5.41) is 9.67. The molecule has 38 heavy (non-hydrogen) atoms. The Balaban J connectivity index is 1.32. The molecule has 0 atom stereocenters. The van der Waals surface area contributed by atoms with Crippen LogP contribution in [0.4, 0.5) is 10.5 Å². The third kappa shape index (κ3) is 5.62. The molecular weight excluding hydrogens is 486 g/mol. The lowest BCUT2D eigenvalue weighted by atomic mass is 9.97. The molecule has 1 fully saturated rings. The number of aromatic nitrogens is 5. The van der Waals surface area contributed by atoms with Gasteiger partial charge in [0.15, 0.2) is 0 Å². The molecule has 0 unspecified atom stereocenters. The van der Waals surface area contributed by atoms with Gasteiger partial charge in [-0.2, -0.15) is 10.2 Å². The summed E-state index contributed by atoms with van der Waals surface area (Å²) in [6.45, 7) is 9.17. The molecule has 11 nitrogen and oxygen atoms in total. The summed E-state index contributed by atoms with van der Waals surface area (Å²) in [7, 11) is 1.55. The van der Waals surface area contributed by atoms with E-state index in [9.17, 15) is 4.79 Å². The Morgan fingerprint density at radius 2 is 1.95 bits per heavy atom. The monoisotopic (exact) mass is 523 g/mol. The number of likely N-dealkylation sites (tertiary alicyclic amines) is 1. The van der Waals surface area contributed by atoms with E-state index in [0.717, 1.165) is 54.9 Å². The summed E-state index contributed by atoms with van der Waals surface area (Å²) in [5.41, 5.74) is 11.1. The standard InChI is InChI=1S/C27H37N7O4/c1-27(2,3)38-26(35)32-9-5-18(6-10-32)16-33-17-19(14-30-33)24-21-7-11-37-12-8-23(21)34(31-24)20-13-22(28)25(36-4)29-15-20/h13-15,17-18H,5-12,16,28H2,1-4H3. The Hall–Kier alpha value is -3.60. The first-order valence-corrected chi connectivity index (χ1v) is 13.2. The van der Waals surface area contributed by atoms with Gasteiger partial charge in [0, 0.05) is 43.4 Å². The van der Waals surface area contributed by atoms with Crippen molar-refractivity contribution in [3.63, 3.8) is 0 Å². The van der Waals surface area contributed by atoms with Crippen LogP contribution in [0.1, 0.15) is 44.9 Å². The zero-order valence-corrected chi connectivity index (χ0v) is 22.6. The minimum absolute atomic E-state index is 0.230. The molecule has 0 aromatic carbocycles. The molecule has 5 heterocycles. The number of hydrogen-bond acceptors (Lipinski definition) is 8. The molecule has 11 heteroatoms. The average Bonchev–Trinajstić information content (AvgIpc) is 3.40. The minimum atomic E-state index is -0.479. The molecular formula is C27H37N7O4. The maximum atomic E-state index is 12.4. The molecule has 0 saturated carbocycles. The van der Waals surface area contributed by atoms with E-state index >= 15 is 0 Å². The topological polar surface area (TPSA) is 123 Å². The molecule has 2 N–H and O–H groups in total. The lowest BCUT2D eigenvalue weighted by molar-refractivity contribution is 0.0177. The first-order valence-electron chi connectivity index (χ1n) is 13.2. The van der Waals surface area contributed by atoms with Gasteiger partial charge in [0.2, 0.25) is 5.88 Å². The molecule has 2 aliphatic rings. The van der Waals surface area contributed by atoms with E-state index in [1.54, 1.807) is 18.2 Å². The quantitative estimate of drug-likeness (QED) is 0.539. The first-order chi connectivity index (χ1) is 18.2. The highest BCUT2D eigenvalue weighted by Crippen LogP contribution is 2.31. The van der Waals surface area contributed by atoms with Crippen molar-refractivity contribution in [3.05, 3.63) is 35.9 Å². The van der Waals surface area contributed by atoms with Crippen LogP contribution in [0.5, 0.6) is 5.88 Å². The SMILES string of the molecule is COc1ncc(-n2nc(-c3cnn(CC4CCN(C(=O)OC(C)(C)C)CC4)c3)c3c2CCOCC3)cc1N. The van der Waals surface area contributed by atoms with Crippen LogP contribution >= 0.6 is 0 Å². The number of nitrogen functional groups attached to an aromatic ring is 1. The van der Waals surface area contributed by atoms with Crippen LogP contribution in [0.25, 0.3) is 16.9 Å². The zero-order chi connectivity index (χ0) is 26.9. The number of fused-ring (bicyclic) bond motifs is 1. The summed E-state index contributed by atoms with van der Waals surface area (Å²) >= 11 is 0. The molecule has 3 aromatic heterocycles. The van der Waals surface area contributed by atoms with E-state index < -0.39 is 5.60 Å². The fourth-order valence-corrected chi connectivity index (χ4v) is 5.11. The molecule has 0 radical (unpaired) electrons. The maximum absolute atomic E-state index is 12.4. The van der Waals surface area contributed by atoms with Crippen LogP contribution in [0, 0.1) is 5.92 Å². The molecule has 0 bridgehead atoms. The van der Waals surface area contributed by atoms with E-state index in [-0.39, 0.29) is 6.09 Å². The number of anilines is 1. The van der Waals surface area contributed by atoms with E-state index in [1.807, 2.05) is 42.4 Å². The Labute approximate surface area is 222 Å². The van der Waals surface area contributed by atoms with Gasteiger partial charge in [0.25, 0.3) is 0 Å². The lowest BCUT2D eigenvalue weighted by Gasteiger charge is -2.33. The number of pyridine rings is 1. The van der Waals surface area contributed by atoms with Gasteiger partial charge in [0.05, 0.1) is 55.5 Å². The van der Waals surface area contributed by atoms with Gasteiger partial charge in [-0.15, -0.1) is 0 Å². The van der Waals surface area contributed by atoms with Crippen molar-refractivity contribution in [3.8, 4) is 22.8 Å². The molecule has 2 aliphatic heterocycles. The van der Waals surface area contributed by atoms with Gasteiger partial charge in [-0.1, -0.05) is 0 Å². The van der Waals surface area contributed by atoms with Gasteiger partial charge in [-0.05, 0) is 52.0 Å². The van der Waals surface area contributed by atoms with Crippen molar-refractivity contribution in [2.45, 2.75) is 58.6 Å². The second kappa shape index (κ2) is 10.6. The van der Waals surface area contributed by atoms with Crippen LogP contribution in [0.3, 0.4) is 0 Å². The van der Waals surface area contributed by atoms with E-state index in [0.29, 0.717) is 43.8 Å². The Bertz CT molecular complexity index is 1290. The number of methoxy groups -OCH3 is 1. The second-order valence-corrected chi connectivity index (χ2v) is 11.0. The highest BCUT2D eigenvalue weighted by Gasteiger charge is 2.28. The van der Waals surface area contributed by atoms with Gasteiger partial charge < -0.3 is 24.8 Å². The number of piperidine rings is 1. The first kappa shape index (κ1) is 26.0. The van der Waals surface area contributed by atoms with Crippen molar-refractivity contribution >= 4 is 11.8 Å². The van der Waals surface area contributed by atoms with Crippen LogP contribution in [-0.2, 0) is 28.9 Å². The summed E-state index contributed by atoms with van der Waals surface area (Å²) in [6, 6.07) is 1.84. The summed E-state index contributed by atoms with van der Waals surface area (Å²) in [4.78, 5) is 18.5. The Morgan fingerprint density at radius 1 is 1.18 bits per heavy atom. The molecule has 1 saturated heterocycles. The summed E-state index contributed by atoms with van der Waals surface area (Å²) in [5.74, 6) is 0.839. The lowest BCUT2D eigenvalue weighted by Crippen LogP contribution is -2.42. The van der Waals surface area contributed by atoms with Crippen molar-refractivity contribution in [1.29, 1.82) is 0 Å². The Morgan fingerprint density at radius 3 is 2.66 bits per heavy atom. The predicted molar refractivity (Wildman–Crippen MR) is 142 cm³/mol. The number of ether oxygens (including phenoxy) is 3. The van der Waals surface area contributed by atoms with E-state index in [1.165, 1.54) is 5.56 Å². The fourth-order valence-electron chi connectivity index (χ4n) is 5.11. The molecule has 0 spiro atoms. The Kier molecular flexibility index (Phi) is 7.29. The minimum Gasteiger partial charge on any atom is -0.480 e. The number of nitrogens with two attached hydrogens (primary N) is 1. The van der Waals surface area contributed by atoms with E-state index in [4.69, 9.17) is 25.0 Å². The predicted octanol–water partition coefficient (Wildman–Crippen LogP) is 3.48. The molecule has 0 aliphatic carbocycles. The number of amides is 1. The summed E-state index contributed by atoms with van der Waals surface area (Å²) < 4.78 is 20.4. The molecule has 5 rings (SSSR count). The maximum Gasteiger partial charge on any atom is 0.410 e. The number of carbonyl (C=O) groups excluding carboxylic acids is 1.